The lowest BCUT2D eigenvalue weighted by atomic mass is 9.77. The average Bonchev–Trinajstić information content (AvgIpc) is 2.87. The topological polar surface area (TPSA) is 49.9 Å². The van der Waals surface area contributed by atoms with Crippen molar-refractivity contribution < 1.29 is 23.1 Å². The first-order valence-corrected chi connectivity index (χ1v) is 8.41. The first-order chi connectivity index (χ1) is 11.9. The van der Waals surface area contributed by atoms with Gasteiger partial charge in [0.1, 0.15) is 6.61 Å². The Labute approximate surface area is 145 Å². The summed E-state index contributed by atoms with van der Waals surface area (Å²) in [6.45, 7) is 2.19. The lowest BCUT2D eigenvalue weighted by Crippen LogP contribution is -2.45. The van der Waals surface area contributed by atoms with Gasteiger partial charge in [-0.2, -0.15) is 0 Å². The number of carbonyl (C=O) groups excluding carboxylic acids is 2. The van der Waals surface area contributed by atoms with E-state index in [1.807, 2.05) is 0 Å². The fraction of sp³-hybridized carbons (Fsp3) is 0.556. The number of methoxy groups -OCH3 is 1. The van der Waals surface area contributed by atoms with Gasteiger partial charge in [0, 0.05) is 45.1 Å². The molecule has 2 fully saturated rings. The van der Waals surface area contributed by atoms with E-state index in [4.69, 9.17) is 4.74 Å². The third-order valence-electron chi connectivity index (χ3n) is 5.21. The molecule has 136 valence electrons. The number of piperidine rings is 1. The molecule has 5 nitrogen and oxygen atoms in total. The Morgan fingerprint density at radius 2 is 1.96 bits per heavy atom. The summed E-state index contributed by atoms with van der Waals surface area (Å²) < 4.78 is 31.3. The van der Waals surface area contributed by atoms with E-state index in [0.717, 1.165) is 25.0 Å². The molecule has 2 heterocycles. The number of carbonyl (C=O) groups is 2. The van der Waals surface area contributed by atoms with E-state index in [0.29, 0.717) is 31.6 Å². The number of rotatable bonds is 4. The first kappa shape index (κ1) is 17.8. The van der Waals surface area contributed by atoms with Gasteiger partial charge in [-0.1, -0.05) is 6.07 Å². The molecule has 3 rings (SSSR count). The predicted octanol–water partition coefficient (Wildman–Crippen LogP) is 1.95. The van der Waals surface area contributed by atoms with Gasteiger partial charge in [-0.25, -0.2) is 8.78 Å². The third-order valence-corrected chi connectivity index (χ3v) is 5.21. The molecule has 0 bridgehead atoms. The summed E-state index contributed by atoms with van der Waals surface area (Å²) in [4.78, 5) is 27.8. The molecule has 0 radical (unpaired) electrons. The van der Waals surface area contributed by atoms with Crippen LogP contribution in [0.2, 0.25) is 0 Å². The maximum Gasteiger partial charge on any atom is 0.248 e. The Bertz CT molecular complexity index is 672. The van der Waals surface area contributed by atoms with Crippen LogP contribution in [-0.2, 0) is 20.9 Å². The van der Waals surface area contributed by atoms with Gasteiger partial charge in [0.2, 0.25) is 11.8 Å². The van der Waals surface area contributed by atoms with E-state index in [9.17, 15) is 18.4 Å². The van der Waals surface area contributed by atoms with E-state index < -0.39 is 11.6 Å². The number of amides is 2. The fourth-order valence-electron chi connectivity index (χ4n) is 3.76. The summed E-state index contributed by atoms with van der Waals surface area (Å²) >= 11 is 0. The van der Waals surface area contributed by atoms with E-state index in [1.54, 1.807) is 9.80 Å². The molecule has 2 saturated heterocycles. The van der Waals surface area contributed by atoms with Gasteiger partial charge in [-0.15, -0.1) is 0 Å². The van der Waals surface area contributed by atoms with Crippen LogP contribution >= 0.6 is 0 Å². The van der Waals surface area contributed by atoms with Crippen molar-refractivity contribution in [2.24, 2.45) is 5.41 Å². The zero-order valence-electron chi connectivity index (χ0n) is 14.3. The maximum atomic E-state index is 13.4. The van der Waals surface area contributed by atoms with Crippen LogP contribution in [-0.4, -0.2) is 55.0 Å². The van der Waals surface area contributed by atoms with E-state index in [1.165, 1.54) is 13.2 Å². The first-order valence-electron chi connectivity index (χ1n) is 8.41. The molecule has 2 aliphatic heterocycles. The molecule has 7 heteroatoms. The van der Waals surface area contributed by atoms with Crippen LogP contribution in [0, 0.1) is 17.0 Å². The molecular formula is C18H22F2N2O3. The highest BCUT2D eigenvalue weighted by molar-refractivity contribution is 5.80. The van der Waals surface area contributed by atoms with E-state index in [2.05, 4.69) is 0 Å². The Balaban J connectivity index is 1.61. The molecule has 0 aromatic heterocycles. The molecule has 1 aromatic rings. The molecular weight excluding hydrogens is 330 g/mol. The molecule has 2 aliphatic rings. The van der Waals surface area contributed by atoms with Crippen molar-refractivity contribution in [2.45, 2.75) is 25.8 Å². The van der Waals surface area contributed by atoms with Crippen molar-refractivity contribution in [1.29, 1.82) is 0 Å². The predicted molar refractivity (Wildman–Crippen MR) is 86.5 cm³/mol. The quantitative estimate of drug-likeness (QED) is 0.832. The minimum absolute atomic E-state index is 0.0275. The highest BCUT2D eigenvalue weighted by Gasteiger charge is 2.45. The van der Waals surface area contributed by atoms with Crippen LogP contribution in [0.1, 0.15) is 24.8 Å². The zero-order chi connectivity index (χ0) is 18.0. The van der Waals surface area contributed by atoms with Gasteiger partial charge in [-0.05, 0) is 30.5 Å². The van der Waals surface area contributed by atoms with E-state index >= 15 is 0 Å². The summed E-state index contributed by atoms with van der Waals surface area (Å²) in [5.74, 6) is -1.79. The monoisotopic (exact) mass is 352 g/mol. The minimum Gasteiger partial charge on any atom is -0.375 e. The molecule has 0 saturated carbocycles. The standard InChI is InChI=1S/C18H22F2N2O3/c1-25-11-17(24)21-6-4-18(5-7-21)9-16(23)22(12-18)10-13-2-3-14(19)15(20)8-13/h2-3,8H,4-7,9-12H2,1H3. The summed E-state index contributed by atoms with van der Waals surface area (Å²) in [6.07, 6.45) is 1.98. The SMILES string of the molecule is COCC(=O)N1CCC2(CC1)CC(=O)N(Cc1ccc(F)c(F)c1)C2. The van der Waals surface area contributed by atoms with Crippen molar-refractivity contribution >= 4 is 11.8 Å². The molecule has 0 aliphatic carbocycles. The van der Waals surface area contributed by atoms with Crippen LogP contribution in [0.4, 0.5) is 8.78 Å². The van der Waals surface area contributed by atoms with Crippen LogP contribution in [0.25, 0.3) is 0 Å². The number of ether oxygens (including phenoxy) is 1. The van der Waals surface area contributed by atoms with Gasteiger partial charge in [0.15, 0.2) is 11.6 Å². The number of likely N-dealkylation sites (tertiary alicyclic amines) is 2. The van der Waals surface area contributed by atoms with Crippen molar-refractivity contribution in [3.05, 3.63) is 35.4 Å². The number of nitrogens with zero attached hydrogens (tertiary/aromatic N) is 2. The highest BCUT2D eigenvalue weighted by atomic mass is 19.2. The second kappa shape index (κ2) is 7.07. The molecule has 0 atom stereocenters. The molecule has 1 aromatic carbocycles. The normalized spacial score (nSPS) is 19.7. The highest BCUT2D eigenvalue weighted by Crippen LogP contribution is 2.41. The smallest absolute Gasteiger partial charge is 0.248 e. The maximum absolute atomic E-state index is 13.4. The number of hydrogen-bond donors (Lipinski definition) is 0. The van der Waals surface area contributed by atoms with Crippen LogP contribution < -0.4 is 0 Å². The zero-order valence-corrected chi connectivity index (χ0v) is 14.3. The molecule has 0 unspecified atom stereocenters. The van der Waals surface area contributed by atoms with Crippen molar-refractivity contribution in [3.8, 4) is 0 Å². The Hall–Kier alpha value is -2.02. The lowest BCUT2D eigenvalue weighted by Gasteiger charge is -2.38. The molecule has 1 spiro atoms. The van der Waals surface area contributed by atoms with Crippen molar-refractivity contribution in [1.82, 2.24) is 9.80 Å². The van der Waals surface area contributed by atoms with Crippen molar-refractivity contribution in [2.75, 3.05) is 33.4 Å². The average molecular weight is 352 g/mol. The Morgan fingerprint density at radius 1 is 1.24 bits per heavy atom. The third kappa shape index (κ3) is 3.81. The van der Waals surface area contributed by atoms with E-state index in [-0.39, 0.29) is 30.4 Å². The fourth-order valence-corrected chi connectivity index (χ4v) is 3.76. The summed E-state index contributed by atoms with van der Waals surface area (Å²) in [5.41, 5.74) is 0.455. The number of hydrogen-bond acceptors (Lipinski definition) is 3. The number of halogens is 2. The van der Waals surface area contributed by atoms with Gasteiger partial charge in [0.05, 0.1) is 0 Å². The number of benzene rings is 1. The largest absolute Gasteiger partial charge is 0.375 e. The molecule has 25 heavy (non-hydrogen) atoms. The van der Waals surface area contributed by atoms with Crippen LogP contribution in [0.15, 0.2) is 18.2 Å². The second-order valence-corrected chi connectivity index (χ2v) is 6.99. The van der Waals surface area contributed by atoms with Crippen molar-refractivity contribution in [3.63, 3.8) is 0 Å². The van der Waals surface area contributed by atoms with Gasteiger partial charge in [0.25, 0.3) is 0 Å². The summed E-state index contributed by atoms with van der Waals surface area (Å²) in [6, 6.07) is 3.73. The van der Waals surface area contributed by atoms with Crippen LogP contribution in [0.5, 0.6) is 0 Å². The van der Waals surface area contributed by atoms with Gasteiger partial charge >= 0.3 is 0 Å². The summed E-state index contributed by atoms with van der Waals surface area (Å²) in [5, 5.41) is 0. The molecule has 2 amide bonds. The summed E-state index contributed by atoms with van der Waals surface area (Å²) in [7, 11) is 1.50. The lowest BCUT2D eigenvalue weighted by molar-refractivity contribution is -0.137. The van der Waals surface area contributed by atoms with Crippen LogP contribution in [0.3, 0.4) is 0 Å². The van der Waals surface area contributed by atoms with Gasteiger partial charge in [-0.3, -0.25) is 9.59 Å². The van der Waals surface area contributed by atoms with Gasteiger partial charge < -0.3 is 14.5 Å². The Kier molecular flexibility index (Phi) is 5.03. The second-order valence-electron chi connectivity index (χ2n) is 6.99. The molecule has 0 N–H and O–H groups in total. The Morgan fingerprint density at radius 3 is 2.60 bits per heavy atom. The minimum atomic E-state index is -0.899.